The molecule has 13 nitrogen and oxygen atoms in total. The van der Waals surface area contributed by atoms with E-state index < -0.39 is 11.7 Å². The predicted molar refractivity (Wildman–Crippen MR) is 180 cm³/mol. The van der Waals surface area contributed by atoms with E-state index in [1.807, 2.05) is 51.1 Å². The molecule has 3 saturated heterocycles. The monoisotopic (exact) mass is 643 g/mol. The number of fused-ring (bicyclic) bond motifs is 1. The molecule has 0 bridgehead atoms. The summed E-state index contributed by atoms with van der Waals surface area (Å²) in [6.07, 6.45) is 3.04. The van der Waals surface area contributed by atoms with Gasteiger partial charge < -0.3 is 34.2 Å². The van der Waals surface area contributed by atoms with Crippen LogP contribution in [0.25, 0.3) is 10.9 Å². The number of aromatic nitrogens is 3. The number of pyridine rings is 1. The summed E-state index contributed by atoms with van der Waals surface area (Å²) in [5.74, 6) is 1.51. The van der Waals surface area contributed by atoms with E-state index in [0.29, 0.717) is 24.6 Å². The van der Waals surface area contributed by atoms with E-state index in [4.69, 9.17) is 19.2 Å². The second-order valence-corrected chi connectivity index (χ2v) is 13.6. The van der Waals surface area contributed by atoms with Gasteiger partial charge in [-0.2, -0.15) is 10.2 Å². The first-order valence-electron chi connectivity index (χ1n) is 16.4. The highest BCUT2D eigenvalue weighted by atomic mass is 16.6. The van der Waals surface area contributed by atoms with Gasteiger partial charge >= 0.3 is 6.09 Å². The number of alkyl carbamates (subject to hydrolysis) is 1. The lowest BCUT2D eigenvalue weighted by Crippen LogP contribution is -2.54. The van der Waals surface area contributed by atoms with Gasteiger partial charge in [0.25, 0.3) is 0 Å². The molecule has 47 heavy (non-hydrogen) atoms. The number of anilines is 3. The fraction of sp³-hybridized carbons (Fsp3) is 0.559. The number of carbonyl (C=O) groups is 1. The SMILES string of the molecule is CO[C@H]1CN(c2ccnc(N3CCN(C[C@H]4CN(c5ccc(C#N)c6ncccc56)C[C@@H](C)O4)CC3)n2)C[C@@H]1NC(=O)OC(C)(C)C. The molecule has 1 aromatic carbocycles. The van der Waals surface area contributed by atoms with Crippen LogP contribution < -0.4 is 20.0 Å². The molecule has 1 amide bonds. The maximum absolute atomic E-state index is 12.4. The smallest absolute Gasteiger partial charge is 0.408 e. The van der Waals surface area contributed by atoms with Gasteiger partial charge in [0.2, 0.25) is 5.95 Å². The van der Waals surface area contributed by atoms with Crippen LogP contribution in [0.1, 0.15) is 33.3 Å². The number of methoxy groups -OCH3 is 1. The van der Waals surface area contributed by atoms with E-state index in [-0.39, 0.29) is 24.4 Å². The summed E-state index contributed by atoms with van der Waals surface area (Å²) in [6.45, 7) is 14.6. The standard InChI is InChI=1S/C34H45N9O4/c1-23-18-42(28-9-8-24(17-35)31-26(28)7-6-11-36-31)20-25(46-23)19-40-13-15-41(16-14-40)32-37-12-10-30(39-32)43-21-27(29(22-43)45-5)38-33(44)47-34(2,3)4/h6-12,23,25,27,29H,13-16,18-22H2,1-5H3,(H,38,44)/t23-,25+,27+,29+/m1/s1. The number of carbonyl (C=O) groups excluding carboxylic acids is 1. The van der Waals surface area contributed by atoms with Crippen molar-refractivity contribution in [3.63, 3.8) is 0 Å². The number of amides is 1. The molecule has 0 aliphatic carbocycles. The number of hydrogen-bond acceptors (Lipinski definition) is 12. The van der Waals surface area contributed by atoms with Crippen molar-refractivity contribution in [3.05, 3.63) is 48.3 Å². The van der Waals surface area contributed by atoms with Gasteiger partial charge in [0.1, 0.15) is 17.5 Å². The average Bonchev–Trinajstić information content (AvgIpc) is 3.46. The first kappa shape index (κ1) is 32.7. The summed E-state index contributed by atoms with van der Waals surface area (Å²) >= 11 is 0. The van der Waals surface area contributed by atoms with Crippen LogP contribution >= 0.6 is 0 Å². The van der Waals surface area contributed by atoms with Crippen molar-refractivity contribution in [2.75, 3.05) is 80.7 Å². The summed E-state index contributed by atoms with van der Waals surface area (Å²) in [7, 11) is 1.66. The lowest BCUT2D eigenvalue weighted by molar-refractivity contribution is -0.0327. The first-order chi connectivity index (χ1) is 22.6. The van der Waals surface area contributed by atoms with Crippen molar-refractivity contribution in [1.82, 2.24) is 25.2 Å². The zero-order chi connectivity index (χ0) is 33.1. The van der Waals surface area contributed by atoms with Gasteiger partial charge in [0.15, 0.2) is 0 Å². The van der Waals surface area contributed by atoms with E-state index >= 15 is 0 Å². The van der Waals surface area contributed by atoms with Crippen molar-refractivity contribution in [3.8, 4) is 6.07 Å². The van der Waals surface area contributed by atoms with E-state index in [1.54, 1.807) is 19.5 Å². The molecule has 250 valence electrons. The number of nitrogens with one attached hydrogen (secondary N) is 1. The molecule has 3 fully saturated rings. The Balaban J connectivity index is 1.05. The average molecular weight is 644 g/mol. The van der Waals surface area contributed by atoms with Crippen LogP contribution in [-0.4, -0.2) is 122 Å². The number of nitrogens with zero attached hydrogens (tertiary/aromatic N) is 8. The molecule has 0 spiro atoms. The van der Waals surface area contributed by atoms with Crippen LogP contribution in [-0.2, 0) is 14.2 Å². The van der Waals surface area contributed by atoms with Gasteiger partial charge in [0.05, 0.1) is 35.4 Å². The third-order valence-corrected chi connectivity index (χ3v) is 8.87. The van der Waals surface area contributed by atoms with Crippen LogP contribution in [0.15, 0.2) is 42.7 Å². The summed E-state index contributed by atoms with van der Waals surface area (Å²) in [5, 5.41) is 13.5. The Labute approximate surface area is 276 Å². The Hall–Kier alpha value is -4.25. The third-order valence-electron chi connectivity index (χ3n) is 8.87. The molecule has 0 radical (unpaired) electrons. The van der Waals surface area contributed by atoms with E-state index in [1.165, 1.54) is 0 Å². The lowest BCUT2D eigenvalue weighted by atomic mass is 10.1. The maximum Gasteiger partial charge on any atom is 0.408 e. The number of hydrogen-bond donors (Lipinski definition) is 1. The molecule has 6 rings (SSSR count). The fourth-order valence-corrected chi connectivity index (χ4v) is 6.75. The zero-order valence-electron chi connectivity index (χ0n) is 27.9. The van der Waals surface area contributed by atoms with Crippen LogP contribution in [0, 0.1) is 11.3 Å². The Kier molecular flexibility index (Phi) is 9.63. The number of piperazine rings is 1. The van der Waals surface area contributed by atoms with Crippen molar-refractivity contribution in [2.24, 2.45) is 0 Å². The van der Waals surface area contributed by atoms with E-state index in [0.717, 1.165) is 68.2 Å². The minimum absolute atomic E-state index is 0.0541. The molecule has 2 aromatic heterocycles. The van der Waals surface area contributed by atoms with E-state index in [2.05, 4.69) is 47.9 Å². The zero-order valence-corrected chi connectivity index (χ0v) is 27.9. The Morgan fingerprint density at radius 2 is 1.83 bits per heavy atom. The van der Waals surface area contributed by atoms with Gasteiger partial charge in [-0.25, -0.2) is 9.78 Å². The second kappa shape index (κ2) is 13.9. The van der Waals surface area contributed by atoms with Gasteiger partial charge in [-0.15, -0.1) is 0 Å². The molecule has 4 atom stereocenters. The molecule has 0 unspecified atom stereocenters. The second-order valence-electron chi connectivity index (χ2n) is 13.6. The van der Waals surface area contributed by atoms with Gasteiger partial charge in [0, 0.05) is 89.5 Å². The summed E-state index contributed by atoms with van der Waals surface area (Å²) in [5.41, 5.74) is 1.86. The summed E-state index contributed by atoms with van der Waals surface area (Å²) in [4.78, 5) is 35.6. The van der Waals surface area contributed by atoms with Crippen LogP contribution in [0.2, 0.25) is 0 Å². The van der Waals surface area contributed by atoms with Crippen molar-refractivity contribution < 1.29 is 19.0 Å². The normalized spacial score (nSPS) is 24.0. The van der Waals surface area contributed by atoms with Crippen LogP contribution in [0.4, 0.5) is 22.2 Å². The van der Waals surface area contributed by atoms with Gasteiger partial charge in [-0.1, -0.05) is 0 Å². The van der Waals surface area contributed by atoms with Crippen molar-refractivity contribution in [2.45, 2.75) is 57.6 Å². The Morgan fingerprint density at radius 3 is 2.57 bits per heavy atom. The number of nitriles is 1. The quantitative estimate of drug-likeness (QED) is 0.406. The molecule has 13 heteroatoms. The Bertz CT molecular complexity index is 1600. The molecule has 5 heterocycles. The highest BCUT2D eigenvalue weighted by Gasteiger charge is 2.36. The number of rotatable bonds is 7. The summed E-state index contributed by atoms with van der Waals surface area (Å²) in [6, 6.07) is 11.8. The topological polar surface area (TPSA) is 132 Å². The molecule has 3 aliphatic rings. The fourth-order valence-electron chi connectivity index (χ4n) is 6.75. The van der Waals surface area contributed by atoms with Crippen molar-refractivity contribution in [1.29, 1.82) is 5.26 Å². The molecule has 3 aromatic rings. The van der Waals surface area contributed by atoms with Gasteiger partial charge in [-0.3, -0.25) is 9.88 Å². The molecule has 1 N–H and O–H groups in total. The minimum atomic E-state index is -0.571. The highest BCUT2D eigenvalue weighted by Crippen LogP contribution is 2.31. The minimum Gasteiger partial charge on any atom is -0.444 e. The highest BCUT2D eigenvalue weighted by molar-refractivity contribution is 5.95. The Morgan fingerprint density at radius 1 is 1.02 bits per heavy atom. The van der Waals surface area contributed by atoms with Crippen LogP contribution in [0.3, 0.4) is 0 Å². The molecule has 3 aliphatic heterocycles. The largest absolute Gasteiger partial charge is 0.444 e. The molecule has 0 saturated carbocycles. The van der Waals surface area contributed by atoms with Crippen LogP contribution in [0.5, 0.6) is 0 Å². The number of ether oxygens (including phenoxy) is 3. The van der Waals surface area contributed by atoms with Crippen molar-refractivity contribution >= 4 is 34.4 Å². The summed E-state index contributed by atoms with van der Waals surface area (Å²) < 4.78 is 17.6. The molecular formula is C34H45N9O4. The number of benzene rings is 1. The number of morpholine rings is 1. The van der Waals surface area contributed by atoms with E-state index in [9.17, 15) is 10.1 Å². The third kappa shape index (κ3) is 7.67. The predicted octanol–water partition coefficient (Wildman–Crippen LogP) is 3.04. The van der Waals surface area contributed by atoms with Gasteiger partial charge in [-0.05, 0) is 58.0 Å². The first-order valence-corrected chi connectivity index (χ1v) is 16.4. The molecular weight excluding hydrogens is 598 g/mol. The lowest BCUT2D eigenvalue weighted by Gasteiger charge is -2.42. The maximum atomic E-state index is 12.4.